The van der Waals surface area contributed by atoms with Crippen LogP contribution in [0, 0.1) is 6.92 Å². The summed E-state index contributed by atoms with van der Waals surface area (Å²) in [4.78, 5) is 0. The van der Waals surface area contributed by atoms with Crippen LogP contribution in [0.5, 0.6) is 0 Å². The second-order valence-electron chi connectivity index (χ2n) is 9.21. The van der Waals surface area contributed by atoms with Gasteiger partial charge in [0.2, 0.25) is 5.79 Å². The van der Waals surface area contributed by atoms with E-state index in [-0.39, 0.29) is 10.8 Å². The maximum absolute atomic E-state index is 6.18. The normalized spacial score (nSPS) is 24.0. The van der Waals surface area contributed by atoms with E-state index in [1.807, 2.05) is 0 Å². The largest absolute Gasteiger partial charge is 0.340 e. The Morgan fingerprint density at radius 3 is 2.00 bits per heavy atom. The SMILES string of the molecule is C/C=C(C)/C=C/C1(c2cc3c(cc2C)C(C)(C)CCC3(C)C)OCCO1. The highest BCUT2D eigenvalue weighted by Crippen LogP contribution is 2.48. The second kappa shape index (κ2) is 6.65. The third-order valence-electron chi connectivity index (χ3n) is 6.31. The molecule has 0 radical (unpaired) electrons. The van der Waals surface area contributed by atoms with E-state index >= 15 is 0 Å². The van der Waals surface area contributed by atoms with Crippen LogP contribution in [-0.2, 0) is 26.1 Å². The van der Waals surface area contributed by atoms with Gasteiger partial charge in [0, 0.05) is 5.56 Å². The third kappa shape index (κ3) is 3.30. The Labute approximate surface area is 159 Å². The molecule has 1 aliphatic carbocycles. The summed E-state index contributed by atoms with van der Waals surface area (Å²) >= 11 is 0. The average molecular weight is 355 g/mol. The van der Waals surface area contributed by atoms with Gasteiger partial charge in [0.1, 0.15) is 0 Å². The standard InChI is InChI=1S/C24H34O2/c1-8-17(2)9-10-24(25-13-14-26-24)19-16-21-20(15-18(19)3)22(4,5)11-12-23(21,6)7/h8-10,15-16H,11-14H2,1-7H3/b10-9+,17-8+. The zero-order valence-electron chi connectivity index (χ0n) is 17.5. The summed E-state index contributed by atoms with van der Waals surface area (Å²) in [6.07, 6.45) is 8.73. The second-order valence-corrected chi connectivity index (χ2v) is 9.21. The Balaban J connectivity index is 2.17. The first-order valence-corrected chi connectivity index (χ1v) is 9.87. The Morgan fingerprint density at radius 2 is 1.46 bits per heavy atom. The summed E-state index contributed by atoms with van der Waals surface area (Å²) in [5.41, 5.74) is 6.94. The predicted molar refractivity (Wildman–Crippen MR) is 109 cm³/mol. The van der Waals surface area contributed by atoms with Crippen molar-refractivity contribution in [2.45, 2.75) is 77.9 Å². The lowest BCUT2D eigenvalue weighted by Crippen LogP contribution is -2.35. The van der Waals surface area contributed by atoms with E-state index in [4.69, 9.17) is 9.47 Å². The molecule has 2 aliphatic rings. The molecule has 0 amide bonds. The van der Waals surface area contributed by atoms with Crippen LogP contribution in [0.3, 0.4) is 0 Å². The molecule has 142 valence electrons. The van der Waals surface area contributed by atoms with Crippen molar-refractivity contribution in [3.05, 3.63) is 58.2 Å². The quantitative estimate of drug-likeness (QED) is 0.614. The summed E-state index contributed by atoms with van der Waals surface area (Å²) in [5, 5.41) is 0. The molecule has 1 aromatic carbocycles. The molecule has 0 spiro atoms. The maximum atomic E-state index is 6.18. The monoisotopic (exact) mass is 354 g/mol. The lowest BCUT2D eigenvalue weighted by atomic mass is 9.62. The lowest BCUT2D eigenvalue weighted by molar-refractivity contribution is -0.123. The van der Waals surface area contributed by atoms with E-state index in [0.717, 1.165) is 5.56 Å². The fourth-order valence-corrected chi connectivity index (χ4v) is 4.20. The van der Waals surface area contributed by atoms with Crippen LogP contribution in [0.25, 0.3) is 0 Å². The fourth-order valence-electron chi connectivity index (χ4n) is 4.20. The van der Waals surface area contributed by atoms with E-state index in [0.29, 0.717) is 13.2 Å². The lowest BCUT2D eigenvalue weighted by Gasteiger charge is -2.43. The molecule has 26 heavy (non-hydrogen) atoms. The highest BCUT2D eigenvalue weighted by molar-refractivity contribution is 5.49. The molecule has 2 nitrogen and oxygen atoms in total. The van der Waals surface area contributed by atoms with E-state index in [1.54, 1.807) is 0 Å². The Bertz CT molecular complexity index is 744. The summed E-state index contributed by atoms with van der Waals surface area (Å²) in [6, 6.07) is 4.75. The van der Waals surface area contributed by atoms with Crippen molar-refractivity contribution in [3.63, 3.8) is 0 Å². The van der Waals surface area contributed by atoms with Crippen molar-refractivity contribution in [2.75, 3.05) is 13.2 Å². The molecule has 0 bridgehead atoms. The zero-order valence-corrected chi connectivity index (χ0v) is 17.5. The topological polar surface area (TPSA) is 18.5 Å². The molecule has 1 aromatic rings. The molecular formula is C24H34O2. The molecule has 0 N–H and O–H groups in total. The summed E-state index contributed by atoms with van der Waals surface area (Å²) in [6.45, 7) is 17.1. The van der Waals surface area contributed by atoms with Gasteiger partial charge in [-0.2, -0.15) is 0 Å². The molecule has 1 fully saturated rings. The smallest absolute Gasteiger partial charge is 0.215 e. The van der Waals surface area contributed by atoms with Gasteiger partial charge in [0.15, 0.2) is 0 Å². The van der Waals surface area contributed by atoms with Crippen molar-refractivity contribution in [3.8, 4) is 0 Å². The molecule has 1 heterocycles. The highest BCUT2D eigenvalue weighted by atomic mass is 16.7. The van der Waals surface area contributed by atoms with Crippen LogP contribution < -0.4 is 0 Å². The fraction of sp³-hybridized carbons (Fsp3) is 0.583. The van der Waals surface area contributed by atoms with Gasteiger partial charge in [0.05, 0.1) is 13.2 Å². The first-order chi connectivity index (χ1) is 12.1. The van der Waals surface area contributed by atoms with Crippen LogP contribution in [0.2, 0.25) is 0 Å². The molecule has 2 heteroatoms. The summed E-state index contributed by atoms with van der Waals surface area (Å²) in [7, 11) is 0. The first-order valence-electron chi connectivity index (χ1n) is 9.87. The van der Waals surface area contributed by atoms with Crippen LogP contribution in [0.4, 0.5) is 0 Å². The number of allylic oxidation sites excluding steroid dienone is 3. The number of aryl methyl sites for hydroxylation is 1. The van der Waals surface area contributed by atoms with Gasteiger partial charge in [-0.15, -0.1) is 0 Å². The van der Waals surface area contributed by atoms with E-state index in [9.17, 15) is 0 Å². The van der Waals surface area contributed by atoms with E-state index in [1.165, 1.54) is 35.1 Å². The van der Waals surface area contributed by atoms with E-state index in [2.05, 4.69) is 78.8 Å². The predicted octanol–water partition coefficient (Wildman–Crippen LogP) is 6.07. The molecule has 3 rings (SSSR count). The minimum Gasteiger partial charge on any atom is -0.340 e. The number of benzene rings is 1. The Kier molecular flexibility index (Phi) is 4.96. The average Bonchev–Trinajstić information content (AvgIpc) is 3.06. The van der Waals surface area contributed by atoms with Crippen LogP contribution in [-0.4, -0.2) is 13.2 Å². The minimum atomic E-state index is -0.763. The first kappa shape index (κ1) is 19.4. The molecule has 0 aromatic heterocycles. The minimum absolute atomic E-state index is 0.177. The van der Waals surface area contributed by atoms with Gasteiger partial charge in [-0.3, -0.25) is 0 Å². The molecule has 0 saturated carbocycles. The molecule has 1 saturated heterocycles. The Morgan fingerprint density at radius 1 is 0.923 bits per heavy atom. The van der Waals surface area contributed by atoms with Gasteiger partial charge >= 0.3 is 0 Å². The van der Waals surface area contributed by atoms with Crippen molar-refractivity contribution >= 4 is 0 Å². The van der Waals surface area contributed by atoms with Crippen LogP contribution in [0.1, 0.15) is 76.6 Å². The van der Waals surface area contributed by atoms with Crippen LogP contribution in [0.15, 0.2) is 35.9 Å². The Hall–Kier alpha value is -1.38. The molecule has 0 unspecified atom stereocenters. The summed E-state index contributed by atoms with van der Waals surface area (Å²) < 4.78 is 12.4. The molecular weight excluding hydrogens is 320 g/mol. The van der Waals surface area contributed by atoms with Gasteiger partial charge in [-0.05, 0) is 73.3 Å². The maximum Gasteiger partial charge on any atom is 0.215 e. The van der Waals surface area contributed by atoms with Gasteiger partial charge < -0.3 is 9.47 Å². The summed E-state index contributed by atoms with van der Waals surface area (Å²) in [5.74, 6) is -0.763. The highest BCUT2D eigenvalue weighted by Gasteiger charge is 2.42. The van der Waals surface area contributed by atoms with Gasteiger partial charge in [-0.1, -0.05) is 51.5 Å². The van der Waals surface area contributed by atoms with Crippen molar-refractivity contribution in [1.29, 1.82) is 0 Å². The molecule has 0 atom stereocenters. The number of hydrogen-bond donors (Lipinski definition) is 0. The van der Waals surface area contributed by atoms with Crippen molar-refractivity contribution < 1.29 is 9.47 Å². The van der Waals surface area contributed by atoms with Gasteiger partial charge in [-0.25, -0.2) is 0 Å². The van der Waals surface area contributed by atoms with Crippen molar-refractivity contribution in [2.24, 2.45) is 0 Å². The number of fused-ring (bicyclic) bond motifs is 1. The van der Waals surface area contributed by atoms with Crippen molar-refractivity contribution in [1.82, 2.24) is 0 Å². The van der Waals surface area contributed by atoms with Crippen LogP contribution >= 0.6 is 0 Å². The number of hydrogen-bond acceptors (Lipinski definition) is 2. The molecule has 1 aliphatic heterocycles. The number of ether oxygens (including phenoxy) is 2. The van der Waals surface area contributed by atoms with Gasteiger partial charge in [0.25, 0.3) is 0 Å². The number of rotatable bonds is 3. The third-order valence-corrected chi connectivity index (χ3v) is 6.31. The van der Waals surface area contributed by atoms with E-state index < -0.39 is 5.79 Å². The zero-order chi connectivity index (χ0) is 19.2.